The monoisotopic (exact) mass is 296 g/mol. The zero-order valence-electron chi connectivity index (χ0n) is 11.5. The Morgan fingerprint density at radius 1 is 1.18 bits per heavy atom. The first-order valence-electron chi connectivity index (χ1n) is 6.47. The molecule has 0 amide bonds. The summed E-state index contributed by atoms with van der Waals surface area (Å²) in [6.07, 6.45) is 0. The maximum absolute atomic E-state index is 12.1. The number of benzene rings is 2. The maximum Gasteiger partial charge on any atom is 0.328 e. The Labute approximate surface area is 126 Å². The topological polar surface area (TPSA) is 93.2 Å². The Morgan fingerprint density at radius 2 is 1.82 bits per heavy atom. The van der Waals surface area contributed by atoms with Gasteiger partial charge in [0.1, 0.15) is 6.61 Å². The van der Waals surface area contributed by atoms with E-state index in [1.54, 1.807) is 30.3 Å². The van der Waals surface area contributed by atoms with E-state index in [4.69, 9.17) is 4.74 Å². The summed E-state index contributed by atoms with van der Waals surface area (Å²) < 4.78 is 5.09. The molecule has 0 aliphatic rings. The molecule has 0 radical (unpaired) electrons. The van der Waals surface area contributed by atoms with Crippen molar-refractivity contribution in [3.63, 3.8) is 0 Å². The van der Waals surface area contributed by atoms with Gasteiger partial charge < -0.3 is 4.74 Å². The zero-order chi connectivity index (χ0) is 15.9. The third-order valence-electron chi connectivity index (χ3n) is 3.03. The van der Waals surface area contributed by atoms with Crippen molar-refractivity contribution in [2.45, 2.75) is 12.5 Å². The Morgan fingerprint density at radius 3 is 2.45 bits per heavy atom. The fourth-order valence-corrected chi connectivity index (χ4v) is 1.96. The predicted octanol–water partition coefficient (Wildman–Crippen LogP) is 2.95. The summed E-state index contributed by atoms with van der Waals surface area (Å²) in [5.41, 5.74) is 0.536. The van der Waals surface area contributed by atoms with Gasteiger partial charge >= 0.3 is 5.97 Å². The molecule has 0 aliphatic carbocycles. The molecule has 0 aliphatic heterocycles. The lowest BCUT2D eigenvalue weighted by Crippen LogP contribution is -2.15. The third-order valence-corrected chi connectivity index (χ3v) is 3.03. The molecule has 0 saturated heterocycles. The van der Waals surface area contributed by atoms with Crippen molar-refractivity contribution in [2.24, 2.45) is 0 Å². The average Bonchev–Trinajstić information content (AvgIpc) is 2.55. The first-order chi connectivity index (χ1) is 10.6. The van der Waals surface area contributed by atoms with Crippen molar-refractivity contribution in [1.29, 1.82) is 5.26 Å². The first-order valence-corrected chi connectivity index (χ1v) is 6.47. The zero-order valence-corrected chi connectivity index (χ0v) is 11.5. The fraction of sp³-hybridized carbons (Fsp3) is 0.125. The molecule has 2 aromatic rings. The molecule has 0 N–H and O–H groups in total. The number of nitro benzene ring substituents is 1. The minimum atomic E-state index is -1.33. The van der Waals surface area contributed by atoms with Crippen LogP contribution < -0.4 is 0 Å². The van der Waals surface area contributed by atoms with E-state index >= 15 is 0 Å². The van der Waals surface area contributed by atoms with Crippen LogP contribution in [0.3, 0.4) is 0 Å². The summed E-state index contributed by atoms with van der Waals surface area (Å²) in [7, 11) is 0. The number of esters is 1. The summed E-state index contributed by atoms with van der Waals surface area (Å²) in [6.45, 7) is 0.0124. The van der Waals surface area contributed by atoms with Gasteiger partial charge in [0.05, 0.1) is 16.6 Å². The number of hydrogen-bond acceptors (Lipinski definition) is 5. The number of nitrogens with zero attached hydrogens (tertiary/aromatic N) is 2. The van der Waals surface area contributed by atoms with Crippen LogP contribution in [0.15, 0.2) is 54.6 Å². The maximum atomic E-state index is 12.1. The molecule has 6 heteroatoms. The normalized spacial score (nSPS) is 11.2. The van der Waals surface area contributed by atoms with Gasteiger partial charge in [-0.15, -0.1) is 0 Å². The van der Waals surface area contributed by atoms with E-state index < -0.39 is 16.8 Å². The van der Waals surface area contributed by atoms with Crippen LogP contribution in [-0.2, 0) is 16.1 Å². The minimum Gasteiger partial charge on any atom is -0.460 e. The molecule has 1 unspecified atom stereocenters. The highest BCUT2D eigenvalue weighted by Crippen LogP contribution is 2.27. The summed E-state index contributed by atoms with van der Waals surface area (Å²) in [5.74, 6) is -2.13. The molecule has 0 saturated carbocycles. The van der Waals surface area contributed by atoms with E-state index in [1.807, 2.05) is 6.07 Å². The highest BCUT2D eigenvalue weighted by atomic mass is 16.6. The van der Waals surface area contributed by atoms with Gasteiger partial charge in [0.2, 0.25) is 0 Å². The van der Waals surface area contributed by atoms with Crippen LogP contribution in [0, 0.1) is 21.4 Å². The van der Waals surface area contributed by atoms with Crippen molar-refractivity contribution in [3.8, 4) is 6.07 Å². The summed E-state index contributed by atoms with van der Waals surface area (Å²) >= 11 is 0. The van der Waals surface area contributed by atoms with Crippen molar-refractivity contribution in [1.82, 2.24) is 0 Å². The third kappa shape index (κ3) is 3.46. The van der Waals surface area contributed by atoms with Crippen LogP contribution in [0.2, 0.25) is 0 Å². The Hall–Kier alpha value is -3.20. The lowest BCUT2D eigenvalue weighted by atomic mass is 9.99. The smallest absolute Gasteiger partial charge is 0.328 e. The van der Waals surface area contributed by atoms with Gasteiger partial charge in [-0.25, -0.2) is 0 Å². The summed E-state index contributed by atoms with van der Waals surface area (Å²) in [4.78, 5) is 22.4. The molecule has 0 spiro atoms. The number of nitro groups is 1. The van der Waals surface area contributed by atoms with E-state index in [-0.39, 0.29) is 17.9 Å². The van der Waals surface area contributed by atoms with Gasteiger partial charge in [-0.3, -0.25) is 14.9 Å². The molecule has 0 heterocycles. The van der Waals surface area contributed by atoms with Crippen LogP contribution in [0.4, 0.5) is 5.69 Å². The van der Waals surface area contributed by atoms with Gasteiger partial charge in [0.25, 0.3) is 5.69 Å². The van der Waals surface area contributed by atoms with Gasteiger partial charge in [0.15, 0.2) is 5.92 Å². The van der Waals surface area contributed by atoms with Crippen LogP contribution in [0.25, 0.3) is 0 Å². The molecule has 0 bridgehead atoms. The van der Waals surface area contributed by atoms with Crippen molar-refractivity contribution >= 4 is 11.7 Å². The Bertz CT molecular complexity index is 722. The molecule has 110 valence electrons. The molecule has 6 nitrogen and oxygen atoms in total. The molecule has 2 aromatic carbocycles. The highest BCUT2D eigenvalue weighted by Gasteiger charge is 2.28. The second kappa shape index (κ2) is 6.99. The second-order valence-electron chi connectivity index (χ2n) is 4.47. The molecule has 22 heavy (non-hydrogen) atoms. The van der Waals surface area contributed by atoms with E-state index in [9.17, 15) is 20.2 Å². The molecule has 1 atom stereocenters. The average molecular weight is 296 g/mol. The van der Waals surface area contributed by atoms with Crippen LogP contribution in [0.5, 0.6) is 0 Å². The van der Waals surface area contributed by atoms with E-state index in [2.05, 4.69) is 0 Å². The van der Waals surface area contributed by atoms with Gasteiger partial charge in [-0.1, -0.05) is 48.5 Å². The molecule has 0 fully saturated rings. The lowest BCUT2D eigenvalue weighted by molar-refractivity contribution is -0.385. The fourth-order valence-electron chi connectivity index (χ4n) is 1.96. The summed E-state index contributed by atoms with van der Waals surface area (Å²) in [6, 6.07) is 16.4. The molecule has 2 rings (SSSR count). The van der Waals surface area contributed by atoms with Crippen molar-refractivity contribution in [3.05, 3.63) is 75.8 Å². The van der Waals surface area contributed by atoms with Crippen LogP contribution in [0.1, 0.15) is 17.0 Å². The van der Waals surface area contributed by atoms with Crippen molar-refractivity contribution in [2.75, 3.05) is 0 Å². The predicted molar refractivity (Wildman–Crippen MR) is 77.7 cm³/mol. The van der Waals surface area contributed by atoms with Gasteiger partial charge in [0, 0.05) is 6.07 Å². The standard InChI is InChI=1S/C16H12N2O4/c17-10-14(13-8-4-5-9-15(13)18(20)21)16(19)22-11-12-6-2-1-3-7-12/h1-9,14H,11H2. The molecular formula is C16H12N2O4. The highest BCUT2D eigenvalue weighted by molar-refractivity contribution is 5.82. The largest absolute Gasteiger partial charge is 0.460 e. The number of hydrogen-bond donors (Lipinski definition) is 0. The Balaban J connectivity index is 2.17. The number of carbonyl (C=O) groups is 1. The first kappa shape index (κ1) is 15.2. The van der Waals surface area contributed by atoms with Crippen molar-refractivity contribution < 1.29 is 14.5 Å². The van der Waals surface area contributed by atoms with Gasteiger partial charge in [-0.2, -0.15) is 5.26 Å². The number of nitriles is 1. The number of ether oxygens (including phenoxy) is 1. The minimum absolute atomic E-state index is 0.0124. The van der Waals surface area contributed by atoms with Gasteiger partial charge in [-0.05, 0) is 5.56 Å². The number of para-hydroxylation sites is 1. The van der Waals surface area contributed by atoms with E-state index in [0.717, 1.165) is 5.56 Å². The quantitative estimate of drug-likeness (QED) is 0.480. The second-order valence-corrected chi connectivity index (χ2v) is 4.47. The Kier molecular flexibility index (Phi) is 4.83. The number of rotatable bonds is 5. The number of carbonyl (C=O) groups excluding carboxylic acids is 1. The SMILES string of the molecule is N#CC(C(=O)OCc1ccccc1)c1ccccc1[N+](=O)[O-]. The molecule has 0 aromatic heterocycles. The van der Waals surface area contributed by atoms with Crippen LogP contribution >= 0.6 is 0 Å². The van der Waals surface area contributed by atoms with E-state index in [1.165, 1.54) is 24.3 Å². The van der Waals surface area contributed by atoms with Crippen LogP contribution in [-0.4, -0.2) is 10.9 Å². The van der Waals surface area contributed by atoms with E-state index in [0.29, 0.717) is 0 Å². The summed E-state index contributed by atoms with van der Waals surface area (Å²) in [5, 5.41) is 20.2. The lowest BCUT2D eigenvalue weighted by Gasteiger charge is -2.10. The molecular weight excluding hydrogens is 284 g/mol.